The van der Waals surface area contributed by atoms with Gasteiger partial charge in [0.2, 0.25) is 0 Å². The van der Waals surface area contributed by atoms with Crippen LogP contribution in [-0.2, 0) is 4.74 Å². The first-order valence-corrected chi connectivity index (χ1v) is 12.6. The lowest BCUT2D eigenvalue weighted by molar-refractivity contribution is 0.0117. The number of aromatic nitrogens is 4. The molecule has 9 nitrogen and oxygen atoms in total. The van der Waals surface area contributed by atoms with Gasteiger partial charge in [0.1, 0.15) is 11.5 Å². The zero-order valence-electron chi connectivity index (χ0n) is 20.6. The van der Waals surface area contributed by atoms with Gasteiger partial charge in [-0.25, -0.2) is 9.97 Å². The minimum atomic E-state index is -0.130. The van der Waals surface area contributed by atoms with Crippen molar-refractivity contribution in [3.63, 3.8) is 0 Å². The SMILES string of the molecule is Cc1ccc(C(CNC(=O)c2cc(C3CC3)nc3c2c(C)nn3-c2ccccn2)N2CCOCC2)o1. The van der Waals surface area contributed by atoms with E-state index >= 15 is 0 Å². The highest BCUT2D eigenvalue weighted by Crippen LogP contribution is 2.40. The molecule has 36 heavy (non-hydrogen) atoms. The van der Waals surface area contributed by atoms with Crippen molar-refractivity contribution >= 4 is 16.9 Å². The van der Waals surface area contributed by atoms with Crippen LogP contribution >= 0.6 is 0 Å². The number of morpholine rings is 1. The average molecular weight is 487 g/mol. The topological polar surface area (TPSA) is 98.3 Å². The Kier molecular flexibility index (Phi) is 6.02. The standard InChI is InChI=1S/C27H30N6O3/c1-17-6-9-23(36-17)22(32-11-13-35-14-12-32)16-29-27(34)20-15-21(19-7-8-19)30-26-25(20)18(2)31-33(26)24-5-3-4-10-28-24/h3-6,9-10,15,19,22H,7-8,11-14,16H2,1-2H3,(H,29,34). The molecule has 4 aromatic heterocycles. The summed E-state index contributed by atoms with van der Waals surface area (Å²) in [5.41, 5.74) is 2.98. The summed E-state index contributed by atoms with van der Waals surface area (Å²) in [5.74, 6) is 2.66. The summed E-state index contributed by atoms with van der Waals surface area (Å²) >= 11 is 0. The van der Waals surface area contributed by atoms with Crippen LogP contribution in [0.15, 0.2) is 47.0 Å². The summed E-state index contributed by atoms with van der Waals surface area (Å²) in [5, 5.41) is 8.68. The third-order valence-electron chi connectivity index (χ3n) is 6.97. The summed E-state index contributed by atoms with van der Waals surface area (Å²) in [6, 6.07) is 11.5. The highest BCUT2D eigenvalue weighted by atomic mass is 16.5. The number of hydrogen-bond donors (Lipinski definition) is 1. The van der Waals surface area contributed by atoms with Gasteiger partial charge in [0.25, 0.3) is 5.91 Å². The average Bonchev–Trinajstić information content (AvgIpc) is 3.60. The van der Waals surface area contributed by atoms with E-state index in [9.17, 15) is 4.79 Å². The molecule has 1 amide bonds. The summed E-state index contributed by atoms with van der Waals surface area (Å²) < 4.78 is 13.3. The lowest BCUT2D eigenvalue weighted by atomic mass is 10.1. The Morgan fingerprint density at radius 1 is 1.17 bits per heavy atom. The number of amides is 1. The van der Waals surface area contributed by atoms with Crippen LogP contribution in [0.2, 0.25) is 0 Å². The summed E-state index contributed by atoms with van der Waals surface area (Å²) in [6.07, 6.45) is 3.92. The third-order valence-corrected chi connectivity index (χ3v) is 6.97. The van der Waals surface area contributed by atoms with Gasteiger partial charge in [-0.1, -0.05) is 6.07 Å². The molecule has 1 saturated heterocycles. The highest BCUT2D eigenvalue weighted by molar-refractivity contribution is 6.06. The van der Waals surface area contributed by atoms with E-state index in [2.05, 4.69) is 15.2 Å². The van der Waals surface area contributed by atoms with Crippen molar-refractivity contribution in [3.05, 3.63) is 71.1 Å². The van der Waals surface area contributed by atoms with E-state index in [0.29, 0.717) is 42.7 Å². The molecule has 1 saturated carbocycles. The molecule has 1 N–H and O–H groups in total. The Bertz CT molecular complexity index is 1390. The van der Waals surface area contributed by atoms with E-state index in [-0.39, 0.29) is 11.9 Å². The van der Waals surface area contributed by atoms with Gasteiger partial charge >= 0.3 is 0 Å². The molecule has 1 atom stereocenters. The molecule has 4 aromatic rings. The van der Waals surface area contributed by atoms with Crippen LogP contribution in [0.1, 0.15) is 58.1 Å². The van der Waals surface area contributed by atoms with E-state index in [1.54, 1.807) is 10.9 Å². The van der Waals surface area contributed by atoms with Crippen molar-refractivity contribution < 1.29 is 13.9 Å². The monoisotopic (exact) mass is 486 g/mol. The second-order valence-electron chi connectivity index (χ2n) is 9.58. The molecule has 9 heteroatoms. The normalized spacial score (nSPS) is 17.4. The lowest BCUT2D eigenvalue weighted by Crippen LogP contribution is -2.43. The zero-order chi connectivity index (χ0) is 24.6. The van der Waals surface area contributed by atoms with Crippen LogP contribution in [0.3, 0.4) is 0 Å². The number of nitrogens with one attached hydrogen (secondary N) is 1. The number of carbonyl (C=O) groups is 1. The van der Waals surface area contributed by atoms with Crippen molar-refractivity contribution in [3.8, 4) is 5.82 Å². The molecule has 0 bridgehead atoms. The van der Waals surface area contributed by atoms with Gasteiger partial charge in [0, 0.05) is 37.4 Å². The fourth-order valence-electron chi connectivity index (χ4n) is 4.93. The summed E-state index contributed by atoms with van der Waals surface area (Å²) in [4.78, 5) is 25.4. The number of ether oxygens (including phenoxy) is 1. The molecule has 1 aliphatic heterocycles. The fraction of sp³-hybridized carbons (Fsp3) is 0.407. The first-order valence-electron chi connectivity index (χ1n) is 12.6. The van der Waals surface area contributed by atoms with Crippen LogP contribution in [0.4, 0.5) is 0 Å². The second-order valence-corrected chi connectivity index (χ2v) is 9.58. The van der Waals surface area contributed by atoms with Crippen LogP contribution in [0, 0.1) is 13.8 Å². The third kappa shape index (κ3) is 4.40. The summed E-state index contributed by atoms with van der Waals surface area (Å²) in [6.45, 7) is 7.22. The summed E-state index contributed by atoms with van der Waals surface area (Å²) in [7, 11) is 0. The number of aryl methyl sites for hydroxylation is 2. The number of nitrogens with zero attached hydrogens (tertiary/aromatic N) is 5. The number of hydrogen-bond acceptors (Lipinski definition) is 7. The van der Waals surface area contributed by atoms with Crippen LogP contribution in [0.5, 0.6) is 0 Å². The second kappa shape index (κ2) is 9.48. The van der Waals surface area contributed by atoms with Gasteiger partial charge in [-0.2, -0.15) is 9.78 Å². The van der Waals surface area contributed by atoms with Crippen molar-refractivity contribution in [1.82, 2.24) is 30.0 Å². The molecule has 2 aliphatic rings. The molecule has 2 fully saturated rings. The van der Waals surface area contributed by atoms with E-state index in [1.165, 1.54) is 0 Å². The van der Waals surface area contributed by atoms with Gasteiger partial charge < -0.3 is 14.5 Å². The van der Waals surface area contributed by atoms with Crippen molar-refractivity contribution in [2.45, 2.75) is 38.6 Å². The molecular formula is C27H30N6O3. The molecule has 0 aromatic carbocycles. The number of rotatable bonds is 7. The minimum absolute atomic E-state index is 0.0656. The van der Waals surface area contributed by atoms with E-state index in [1.807, 2.05) is 50.2 Å². The smallest absolute Gasteiger partial charge is 0.252 e. The molecule has 1 unspecified atom stereocenters. The molecule has 186 valence electrons. The number of furan rings is 1. The predicted molar refractivity (Wildman–Crippen MR) is 134 cm³/mol. The lowest BCUT2D eigenvalue weighted by Gasteiger charge is -2.33. The fourth-order valence-corrected chi connectivity index (χ4v) is 4.93. The maximum atomic E-state index is 13.7. The van der Waals surface area contributed by atoms with Crippen LogP contribution in [0.25, 0.3) is 16.9 Å². The highest BCUT2D eigenvalue weighted by Gasteiger charge is 2.30. The van der Waals surface area contributed by atoms with E-state index in [0.717, 1.165) is 54.2 Å². The number of fused-ring (bicyclic) bond motifs is 1. The Balaban J connectivity index is 1.34. The Hall–Kier alpha value is -3.56. The number of carbonyl (C=O) groups excluding carboxylic acids is 1. The van der Waals surface area contributed by atoms with Crippen LogP contribution in [-0.4, -0.2) is 63.4 Å². The van der Waals surface area contributed by atoms with Gasteiger partial charge in [0.05, 0.1) is 35.9 Å². The maximum Gasteiger partial charge on any atom is 0.252 e. The van der Waals surface area contributed by atoms with Gasteiger partial charge in [-0.05, 0) is 57.0 Å². The van der Waals surface area contributed by atoms with Gasteiger partial charge in [-0.15, -0.1) is 0 Å². The molecule has 0 radical (unpaired) electrons. The van der Waals surface area contributed by atoms with Crippen LogP contribution < -0.4 is 5.32 Å². The Labute approximate surface area is 209 Å². The maximum absolute atomic E-state index is 13.7. The number of pyridine rings is 2. The predicted octanol–water partition coefficient (Wildman–Crippen LogP) is 3.71. The Morgan fingerprint density at radius 3 is 2.69 bits per heavy atom. The largest absolute Gasteiger partial charge is 0.465 e. The minimum Gasteiger partial charge on any atom is -0.465 e. The first-order chi connectivity index (χ1) is 17.6. The molecular weight excluding hydrogens is 456 g/mol. The molecule has 6 rings (SSSR count). The van der Waals surface area contributed by atoms with Crippen molar-refractivity contribution in [2.75, 3.05) is 32.8 Å². The van der Waals surface area contributed by atoms with Gasteiger partial charge in [-0.3, -0.25) is 9.69 Å². The molecule has 1 aliphatic carbocycles. The van der Waals surface area contributed by atoms with E-state index < -0.39 is 0 Å². The quantitative estimate of drug-likeness (QED) is 0.425. The molecule has 5 heterocycles. The zero-order valence-corrected chi connectivity index (χ0v) is 20.6. The Morgan fingerprint density at radius 2 is 2.00 bits per heavy atom. The van der Waals surface area contributed by atoms with Gasteiger partial charge in [0.15, 0.2) is 11.5 Å². The van der Waals surface area contributed by atoms with E-state index in [4.69, 9.17) is 19.2 Å². The van der Waals surface area contributed by atoms with Crippen molar-refractivity contribution in [2.24, 2.45) is 0 Å². The molecule has 0 spiro atoms. The first kappa shape index (κ1) is 22.9. The van der Waals surface area contributed by atoms with Crippen molar-refractivity contribution in [1.29, 1.82) is 0 Å².